The first kappa shape index (κ1) is 14.1. The number of hydrogen-bond donors (Lipinski definition) is 1. The highest BCUT2D eigenvalue weighted by atomic mass is 15.3. The van der Waals surface area contributed by atoms with Crippen molar-refractivity contribution in [3.05, 3.63) is 30.1 Å². The van der Waals surface area contributed by atoms with Crippen molar-refractivity contribution < 1.29 is 0 Å². The minimum Gasteiger partial charge on any atom is -0.383 e. The molecule has 0 aliphatic heterocycles. The lowest BCUT2D eigenvalue weighted by Crippen LogP contribution is -2.08. The molecule has 0 spiro atoms. The number of nitrogen functional groups attached to an aromatic ring is 1. The van der Waals surface area contributed by atoms with E-state index in [0.29, 0.717) is 5.82 Å². The van der Waals surface area contributed by atoms with Crippen LogP contribution in [0.15, 0.2) is 24.4 Å². The molecule has 2 aromatic rings. The molecule has 2 N–H and O–H groups in total. The molecule has 4 nitrogen and oxygen atoms in total. The summed E-state index contributed by atoms with van der Waals surface area (Å²) in [6, 6.07) is 5.94. The van der Waals surface area contributed by atoms with Crippen molar-refractivity contribution in [1.82, 2.24) is 14.8 Å². The average Bonchev–Trinajstić information content (AvgIpc) is 2.82. The van der Waals surface area contributed by atoms with E-state index in [-0.39, 0.29) is 0 Å². The van der Waals surface area contributed by atoms with Crippen LogP contribution in [0.3, 0.4) is 0 Å². The van der Waals surface area contributed by atoms with E-state index < -0.39 is 0 Å². The number of hydrogen-bond acceptors (Lipinski definition) is 3. The summed E-state index contributed by atoms with van der Waals surface area (Å²) < 4.78 is 1.78. The summed E-state index contributed by atoms with van der Waals surface area (Å²) in [7, 11) is 1.91. The van der Waals surface area contributed by atoms with Crippen molar-refractivity contribution in [2.75, 3.05) is 5.73 Å². The zero-order chi connectivity index (χ0) is 14.7. The van der Waals surface area contributed by atoms with Crippen LogP contribution in [0.25, 0.3) is 11.3 Å². The van der Waals surface area contributed by atoms with Gasteiger partial charge < -0.3 is 5.73 Å². The SMILES string of the molecule is Cn1nc(CCC2CCCCC2)c(-c2ccccn2)c1N. The first-order valence-corrected chi connectivity index (χ1v) is 7.98. The van der Waals surface area contributed by atoms with Crippen LogP contribution in [0.1, 0.15) is 44.2 Å². The predicted octanol–water partition coefficient (Wildman–Crippen LogP) is 3.58. The zero-order valence-corrected chi connectivity index (χ0v) is 12.8. The van der Waals surface area contributed by atoms with Crippen LogP contribution in [0.5, 0.6) is 0 Å². The number of nitrogens with zero attached hydrogens (tertiary/aromatic N) is 3. The lowest BCUT2D eigenvalue weighted by atomic mass is 9.85. The Morgan fingerprint density at radius 1 is 1.24 bits per heavy atom. The second kappa shape index (κ2) is 6.29. The van der Waals surface area contributed by atoms with Gasteiger partial charge >= 0.3 is 0 Å². The fourth-order valence-corrected chi connectivity index (χ4v) is 3.38. The van der Waals surface area contributed by atoms with E-state index in [0.717, 1.165) is 29.3 Å². The Bertz CT molecular complexity index is 582. The summed E-state index contributed by atoms with van der Waals surface area (Å²) in [4.78, 5) is 4.45. The van der Waals surface area contributed by atoms with Crippen molar-refractivity contribution in [2.45, 2.75) is 44.9 Å². The third kappa shape index (κ3) is 3.09. The van der Waals surface area contributed by atoms with E-state index in [1.165, 1.54) is 38.5 Å². The van der Waals surface area contributed by atoms with Crippen LogP contribution >= 0.6 is 0 Å². The summed E-state index contributed by atoms with van der Waals surface area (Å²) >= 11 is 0. The summed E-state index contributed by atoms with van der Waals surface area (Å²) in [6.45, 7) is 0. The fraction of sp³-hybridized carbons (Fsp3) is 0.529. The molecule has 0 atom stereocenters. The van der Waals surface area contributed by atoms with E-state index in [2.05, 4.69) is 10.1 Å². The average molecular weight is 284 g/mol. The highest BCUT2D eigenvalue weighted by molar-refractivity contribution is 5.73. The van der Waals surface area contributed by atoms with Gasteiger partial charge in [-0.2, -0.15) is 5.10 Å². The molecule has 1 saturated carbocycles. The third-order valence-electron chi connectivity index (χ3n) is 4.60. The number of nitrogens with two attached hydrogens (primary N) is 1. The van der Waals surface area contributed by atoms with Gasteiger partial charge in [-0.25, -0.2) is 0 Å². The molecule has 1 aliphatic rings. The lowest BCUT2D eigenvalue weighted by molar-refractivity contribution is 0.338. The van der Waals surface area contributed by atoms with E-state index in [1.807, 2.05) is 31.4 Å². The largest absolute Gasteiger partial charge is 0.383 e. The molecule has 2 aromatic heterocycles. The number of aryl methyl sites for hydroxylation is 2. The molecule has 1 aliphatic carbocycles. The molecule has 0 aromatic carbocycles. The van der Waals surface area contributed by atoms with Crippen LogP contribution in [0.2, 0.25) is 0 Å². The van der Waals surface area contributed by atoms with E-state index in [4.69, 9.17) is 5.73 Å². The topological polar surface area (TPSA) is 56.7 Å². The highest BCUT2D eigenvalue weighted by Gasteiger charge is 2.19. The highest BCUT2D eigenvalue weighted by Crippen LogP contribution is 2.32. The van der Waals surface area contributed by atoms with Gasteiger partial charge in [-0.3, -0.25) is 9.67 Å². The molecule has 0 radical (unpaired) electrons. The fourth-order valence-electron chi connectivity index (χ4n) is 3.38. The monoisotopic (exact) mass is 284 g/mol. The number of pyridine rings is 1. The van der Waals surface area contributed by atoms with Crippen molar-refractivity contribution in [1.29, 1.82) is 0 Å². The summed E-state index contributed by atoms with van der Waals surface area (Å²) in [5.41, 5.74) is 9.26. The summed E-state index contributed by atoms with van der Waals surface area (Å²) in [6.07, 6.45) is 11.0. The van der Waals surface area contributed by atoms with E-state index >= 15 is 0 Å². The van der Waals surface area contributed by atoms with Crippen molar-refractivity contribution in [3.63, 3.8) is 0 Å². The molecular weight excluding hydrogens is 260 g/mol. The third-order valence-corrected chi connectivity index (χ3v) is 4.60. The van der Waals surface area contributed by atoms with Crippen LogP contribution in [-0.2, 0) is 13.5 Å². The van der Waals surface area contributed by atoms with Gasteiger partial charge in [-0.1, -0.05) is 38.2 Å². The maximum absolute atomic E-state index is 6.20. The standard InChI is InChI=1S/C17H24N4/c1-21-17(18)16(14-9-5-6-12-19-14)15(20-21)11-10-13-7-3-2-4-8-13/h5-6,9,12-13H,2-4,7-8,10-11,18H2,1H3. The molecule has 0 bridgehead atoms. The van der Waals surface area contributed by atoms with E-state index in [9.17, 15) is 0 Å². The lowest BCUT2D eigenvalue weighted by Gasteiger charge is -2.21. The van der Waals surface area contributed by atoms with Crippen molar-refractivity contribution >= 4 is 5.82 Å². The molecule has 2 heterocycles. The van der Waals surface area contributed by atoms with Gasteiger partial charge in [0.2, 0.25) is 0 Å². The van der Waals surface area contributed by atoms with Gasteiger partial charge in [0.05, 0.1) is 17.0 Å². The molecule has 0 amide bonds. The smallest absolute Gasteiger partial charge is 0.131 e. The minimum atomic E-state index is 0.715. The van der Waals surface area contributed by atoms with Gasteiger partial charge in [0.25, 0.3) is 0 Å². The molecule has 112 valence electrons. The molecule has 0 unspecified atom stereocenters. The van der Waals surface area contributed by atoms with E-state index in [1.54, 1.807) is 4.68 Å². The normalized spacial score (nSPS) is 16.2. The zero-order valence-electron chi connectivity index (χ0n) is 12.8. The molecule has 4 heteroatoms. The number of rotatable bonds is 4. The first-order chi connectivity index (χ1) is 10.3. The second-order valence-electron chi connectivity index (χ2n) is 6.09. The number of anilines is 1. The van der Waals surface area contributed by atoms with Gasteiger partial charge in [0.15, 0.2) is 0 Å². The number of aromatic nitrogens is 3. The predicted molar refractivity (Wildman–Crippen MR) is 85.7 cm³/mol. The first-order valence-electron chi connectivity index (χ1n) is 7.98. The second-order valence-corrected chi connectivity index (χ2v) is 6.09. The molecule has 1 fully saturated rings. The Labute approximate surface area is 126 Å². The minimum absolute atomic E-state index is 0.715. The Balaban J connectivity index is 1.80. The molecular formula is C17H24N4. The molecule has 21 heavy (non-hydrogen) atoms. The summed E-state index contributed by atoms with van der Waals surface area (Å²) in [5, 5.41) is 4.62. The Kier molecular flexibility index (Phi) is 4.23. The molecule has 0 saturated heterocycles. The van der Waals surface area contributed by atoms with Gasteiger partial charge in [-0.05, 0) is 30.9 Å². The summed E-state index contributed by atoms with van der Waals surface area (Å²) in [5.74, 6) is 1.57. The molecule has 3 rings (SSSR count). The van der Waals surface area contributed by atoms with Gasteiger partial charge in [-0.15, -0.1) is 0 Å². The maximum atomic E-state index is 6.20. The van der Waals surface area contributed by atoms with Gasteiger partial charge in [0.1, 0.15) is 5.82 Å². The Morgan fingerprint density at radius 2 is 2.05 bits per heavy atom. The Hall–Kier alpha value is -1.84. The quantitative estimate of drug-likeness (QED) is 0.933. The van der Waals surface area contributed by atoms with Crippen molar-refractivity contribution in [3.8, 4) is 11.3 Å². The Morgan fingerprint density at radius 3 is 2.76 bits per heavy atom. The van der Waals surface area contributed by atoms with Crippen LogP contribution in [-0.4, -0.2) is 14.8 Å². The van der Waals surface area contributed by atoms with Crippen LogP contribution < -0.4 is 5.73 Å². The van der Waals surface area contributed by atoms with Crippen molar-refractivity contribution in [2.24, 2.45) is 13.0 Å². The van der Waals surface area contributed by atoms with Gasteiger partial charge in [0, 0.05) is 13.2 Å². The van der Waals surface area contributed by atoms with Crippen LogP contribution in [0, 0.1) is 5.92 Å². The maximum Gasteiger partial charge on any atom is 0.131 e. The van der Waals surface area contributed by atoms with Crippen LogP contribution in [0.4, 0.5) is 5.82 Å².